The minimum absolute atomic E-state index is 0.182. The van der Waals surface area contributed by atoms with Crippen LogP contribution in [0.4, 0.5) is 0 Å². The van der Waals surface area contributed by atoms with Gasteiger partial charge in [0.25, 0.3) is 0 Å². The van der Waals surface area contributed by atoms with Crippen molar-refractivity contribution >= 4 is 11.6 Å². The summed E-state index contributed by atoms with van der Waals surface area (Å²) < 4.78 is 25.0. The first-order valence-electron chi connectivity index (χ1n) is 13.4. The molecule has 6 nitrogen and oxygen atoms in total. The number of Topliss-reactive ketones (excluding diaryl/α,β-unsaturated/α-hetero) is 2. The minimum Gasteiger partial charge on any atom is -0.363 e. The fourth-order valence-corrected chi connectivity index (χ4v) is 4.82. The Labute approximate surface area is 234 Å². The van der Waals surface area contributed by atoms with E-state index >= 15 is 0 Å². The summed E-state index contributed by atoms with van der Waals surface area (Å²) in [6.07, 6.45) is -2.48. The number of carbonyl (C=O) groups is 2. The Bertz CT molecular complexity index is 1130. The van der Waals surface area contributed by atoms with Crippen molar-refractivity contribution in [2.75, 3.05) is 26.4 Å². The van der Waals surface area contributed by atoms with E-state index in [1.165, 1.54) is 0 Å². The van der Waals surface area contributed by atoms with Crippen LogP contribution in [0.3, 0.4) is 0 Å². The lowest BCUT2D eigenvalue weighted by Crippen LogP contribution is -2.29. The van der Waals surface area contributed by atoms with E-state index in [1.807, 2.05) is 121 Å². The van der Waals surface area contributed by atoms with E-state index in [9.17, 15) is 9.59 Å². The molecule has 0 amide bonds. The molecule has 0 N–H and O–H groups in total. The van der Waals surface area contributed by atoms with Crippen molar-refractivity contribution < 1.29 is 28.5 Å². The van der Waals surface area contributed by atoms with E-state index in [0.717, 1.165) is 22.3 Å². The maximum Gasteiger partial charge on any atom is 0.184 e. The molecule has 1 aliphatic heterocycles. The highest BCUT2D eigenvalue weighted by molar-refractivity contribution is 5.81. The van der Waals surface area contributed by atoms with E-state index in [0.29, 0.717) is 0 Å². The molecule has 204 valence electrons. The summed E-state index contributed by atoms with van der Waals surface area (Å²) in [5.41, 5.74) is 3.36. The summed E-state index contributed by atoms with van der Waals surface area (Å²) in [4.78, 5) is 26.3. The number of hydrogen-bond donors (Lipinski definition) is 0. The normalized spacial score (nSPS) is 23.3. The molecule has 0 radical (unpaired) electrons. The zero-order valence-corrected chi connectivity index (χ0v) is 22.1. The number of carbonyl (C=O) groups excluding carboxylic acids is 2. The second kappa shape index (κ2) is 13.9. The predicted molar refractivity (Wildman–Crippen MR) is 151 cm³/mol. The molecule has 1 heterocycles. The van der Waals surface area contributed by atoms with Gasteiger partial charge < -0.3 is 18.9 Å². The third kappa shape index (κ3) is 7.17. The van der Waals surface area contributed by atoms with Gasteiger partial charge in [-0.3, -0.25) is 9.59 Å². The molecular formula is C34H32O6. The number of ketones is 2. The first kappa shape index (κ1) is 27.6. The van der Waals surface area contributed by atoms with Crippen LogP contribution in [0.2, 0.25) is 0 Å². The number of hydrogen-bond acceptors (Lipinski definition) is 6. The van der Waals surface area contributed by atoms with Gasteiger partial charge in [-0.25, -0.2) is 0 Å². The van der Waals surface area contributed by atoms with E-state index < -0.39 is 24.4 Å². The number of rotatable bonds is 4. The summed E-state index contributed by atoms with van der Waals surface area (Å²) >= 11 is 0. The Hall–Kier alpha value is -3.94. The van der Waals surface area contributed by atoms with Crippen LogP contribution < -0.4 is 0 Å². The molecule has 4 aromatic rings. The van der Waals surface area contributed by atoms with Crippen LogP contribution in [0.1, 0.15) is 46.7 Å². The van der Waals surface area contributed by atoms with Crippen LogP contribution >= 0.6 is 0 Å². The van der Waals surface area contributed by atoms with E-state index in [1.54, 1.807) is 0 Å². The molecular weight excluding hydrogens is 504 g/mol. The van der Waals surface area contributed by atoms with Crippen LogP contribution in [-0.2, 0) is 28.5 Å². The van der Waals surface area contributed by atoms with Crippen molar-refractivity contribution in [3.05, 3.63) is 144 Å². The zero-order chi connectivity index (χ0) is 27.6. The van der Waals surface area contributed by atoms with Gasteiger partial charge in [-0.15, -0.1) is 0 Å². The van der Waals surface area contributed by atoms with Crippen molar-refractivity contribution in [1.82, 2.24) is 0 Å². The first-order valence-corrected chi connectivity index (χ1v) is 13.4. The Morgan fingerprint density at radius 1 is 0.350 bits per heavy atom. The standard InChI is InChI=1S/C34H32O6/c35-29-21-37-31(25-13-5-1-6-14-25)32(26-15-7-2-8-16-26)38-22-30(36)24-40-34(28-19-11-4-12-20-28)33(39-23-29)27-17-9-3-10-18-27/h1-20,31-34H,21-24H2/t31-,32-,33-,34-/m0/s1. The summed E-state index contributed by atoms with van der Waals surface area (Å²) in [7, 11) is 0. The van der Waals surface area contributed by atoms with Crippen molar-refractivity contribution in [2.45, 2.75) is 24.4 Å². The Morgan fingerprint density at radius 2 is 0.550 bits per heavy atom. The fraction of sp³-hybridized carbons (Fsp3) is 0.235. The van der Waals surface area contributed by atoms with Gasteiger partial charge >= 0.3 is 0 Å². The molecule has 0 spiro atoms. The number of benzene rings is 4. The molecule has 1 fully saturated rings. The van der Waals surface area contributed by atoms with E-state index in [-0.39, 0.29) is 38.0 Å². The maximum atomic E-state index is 13.2. The van der Waals surface area contributed by atoms with E-state index in [4.69, 9.17) is 18.9 Å². The van der Waals surface area contributed by atoms with Crippen molar-refractivity contribution in [3.63, 3.8) is 0 Å². The molecule has 0 aliphatic carbocycles. The summed E-state index contributed by atoms with van der Waals surface area (Å²) in [6.45, 7) is -0.728. The predicted octanol–water partition coefficient (Wildman–Crippen LogP) is 6.17. The van der Waals surface area contributed by atoms with Crippen LogP contribution in [0.15, 0.2) is 121 Å². The average Bonchev–Trinajstić information content (AvgIpc) is 3.01. The van der Waals surface area contributed by atoms with Crippen LogP contribution in [0.25, 0.3) is 0 Å². The highest BCUT2D eigenvalue weighted by atomic mass is 16.6. The lowest BCUT2D eigenvalue weighted by molar-refractivity contribution is -0.154. The van der Waals surface area contributed by atoms with Gasteiger partial charge in [0.2, 0.25) is 0 Å². The van der Waals surface area contributed by atoms with Crippen LogP contribution in [-0.4, -0.2) is 38.0 Å². The monoisotopic (exact) mass is 536 g/mol. The van der Waals surface area contributed by atoms with Gasteiger partial charge in [0.05, 0.1) is 0 Å². The van der Waals surface area contributed by atoms with Crippen molar-refractivity contribution in [2.24, 2.45) is 0 Å². The van der Waals surface area contributed by atoms with E-state index in [2.05, 4.69) is 0 Å². The first-order chi connectivity index (χ1) is 19.7. The molecule has 0 saturated carbocycles. The molecule has 0 bridgehead atoms. The third-order valence-electron chi connectivity index (χ3n) is 6.76. The third-order valence-corrected chi connectivity index (χ3v) is 6.76. The van der Waals surface area contributed by atoms with Crippen LogP contribution in [0.5, 0.6) is 0 Å². The second-order valence-corrected chi connectivity index (χ2v) is 9.65. The molecule has 0 unspecified atom stereocenters. The maximum absolute atomic E-state index is 13.2. The van der Waals surface area contributed by atoms with Crippen LogP contribution in [0, 0.1) is 0 Å². The lowest BCUT2D eigenvalue weighted by Gasteiger charge is -2.30. The molecule has 4 atom stereocenters. The molecule has 6 heteroatoms. The van der Waals surface area contributed by atoms with Gasteiger partial charge in [-0.1, -0.05) is 121 Å². The Kier molecular flexibility index (Phi) is 9.61. The topological polar surface area (TPSA) is 71.1 Å². The Balaban J connectivity index is 1.47. The molecule has 4 aromatic carbocycles. The van der Waals surface area contributed by atoms with Crippen molar-refractivity contribution in [1.29, 1.82) is 0 Å². The van der Waals surface area contributed by atoms with Gasteiger partial charge in [-0.2, -0.15) is 0 Å². The zero-order valence-electron chi connectivity index (χ0n) is 22.1. The quantitative estimate of drug-likeness (QED) is 0.311. The molecule has 0 aromatic heterocycles. The summed E-state index contributed by atoms with van der Waals surface area (Å²) in [5.74, 6) is -0.428. The van der Waals surface area contributed by atoms with Gasteiger partial charge in [0.1, 0.15) is 50.8 Å². The molecule has 40 heavy (non-hydrogen) atoms. The SMILES string of the molecule is O=C1CO[C@@H](c2ccccc2)[C@H](c2ccccc2)OCC(=O)CO[C@@H](c2ccccc2)[C@H](c2ccccc2)OC1. The van der Waals surface area contributed by atoms with Crippen molar-refractivity contribution in [3.8, 4) is 0 Å². The number of ether oxygens (including phenoxy) is 4. The molecule has 5 rings (SSSR count). The second-order valence-electron chi connectivity index (χ2n) is 9.65. The Morgan fingerprint density at radius 3 is 0.750 bits per heavy atom. The van der Waals surface area contributed by atoms with Gasteiger partial charge in [0.15, 0.2) is 11.6 Å². The largest absolute Gasteiger partial charge is 0.363 e. The fourth-order valence-electron chi connectivity index (χ4n) is 4.82. The van der Waals surface area contributed by atoms with Gasteiger partial charge in [0, 0.05) is 0 Å². The highest BCUT2D eigenvalue weighted by Crippen LogP contribution is 2.37. The summed E-state index contributed by atoms with van der Waals surface area (Å²) in [6, 6.07) is 38.3. The molecule has 1 aliphatic rings. The minimum atomic E-state index is -0.619. The average molecular weight is 537 g/mol. The smallest absolute Gasteiger partial charge is 0.184 e. The molecule has 1 saturated heterocycles. The highest BCUT2D eigenvalue weighted by Gasteiger charge is 2.31. The lowest BCUT2D eigenvalue weighted by atomic mass is 9.97. The van der Waals surface area contributed by atoms with Gasteiger partial charge in [-0.05, 0) is 22.3 Å². The summed E-state index contributed by atoms with van der Waals surface area (Å²) in [5, 5.41) is 0.